The Kier molecular flexibility index (Phi) is 3.04. The van der Waals surface area contributed by atoms with Crippen molar-refractivity contribution in [1.82, 2.24) is 15.3 Å². The van der Waals surface area contributed by atoms with Gasteiger partial charge in [-0.3, -0.25) is 9.78 Å². The van der Waals surface area contributed by atoms with Crippen LogP contribution in [0.1, 0.15) is 22.3 Å². The van der Waals surface area contributed by atoms with E-state index in [0.717, 1.165) is 47.7 Å². The Hall–Kier alpha value is -2.47. The van der Waals surface area contributed by atoms with Crippen molar-refractivity contribution < 1.29 is 4.79 Å². The van der Waals surface area contributed by atoms with Crippen molar-refractivity contribution >= 4 is 11.7 Å². The van der Waals surface area contributed by atoms with Crippen LogP contribution in [0.3, 0.4) is 0 Å². The minimum absolute atomic E-state index is 0.0208. The zero-order chi connectivity index (χ0) is 15.1. The number of benzene rings is 1. The van der Waals surface area contributed by atoms with Crippen molar-refractivity contribution in [2.45, 2.75) is 19.0 Å². The van der Waals surface area contributed by atoms with E-state index in [0.29, 0.717) is 6.54 Å². The molecular formula is C16H17N5O. The third-order valence-corrected chi connectivity index (χ3v) is 4.31. The quantitative estimate of drug-likeness (QED) is 0.861. The Labute approximate surface area is 128 Å². The lowest BCUT2D eigenvalue weighted by Crippen LogP contribution is -2.26. The molecule has 1 saturated heterocycles. The molecular weight excluding hydrogens is 278 g/mol. The fraction of sp³-hybridized carbons (Fsp3) is 0.312. The summed E-state index contributed by atoms with van der Waals surface area (Å²) < 4.78 is 0. The Balaban J connectivity index is 1.66. The average molecular weight is 295 g/mol. The third kappa shape index (κ3) is 2.12. The monoisotopic (exact) mass is 295 g/mol. The molecule has 1 aromatic carbocycles. The molecule has 1 amide bonds. The van der Waals surface area contributed by atoms with Crippen molar-refractivity contribution in [3.05, 3.63) is 41.7 Å². The lowest BCUT2D eigenvalue weighted by atomic mass is 10.0. The highest BCUT2D eigenvalue weighted by Gasteiger charge is 2.23. The number of fused-ring (bicyclic) bond motifs is 1. The van der Waals surface area contributed by atoms with Crippen LogP contribution in [0.2, 0.25) is 0 Å². The maximum atomic E-state index is 11.7. The topological polar surface area (TPSA) is 84.1 Å². The minimum Gasteiger partial charge on any atom is -0.354 e. The molecule has 1 unspecified atom stereocenters. The molecule has 0 aliphatic carbocycles. The van der Waals surface area contributed by atoms with Gasteiger partial charge >= 0.3 is 0 Å². The molecule has 3 heterocycles. The average Bonchev–Trinajstić information content (AvgIpc) is 3.14. The van der Waals surface area contributed by atoms with Crippen LogP contribution in [0.4, 0.5) is 5.82 Å². The molecule has 0 bridgehead atoms. The first-order chi connectivity index (χ1) is 10.7. The standard InChI is InChI=1S/C16H17N5O/c17-10-4-5-21(9-10)15-8-18-14(7-19-15)11-2-1-3-12-13(11)6-20-16(12)22/h1-3,7-8,10H,4-6,9,17H2,(H,20,22). The highest BCUT2D eigenvalue weighted by Crippen LogP contribution is 2.28. The normalized spacial score (nSPS) is 20.1. The number of aromatic nitrogens is 2. The van der Waals surface area contributed by atoms with E-state index in [1.807, 2.05) is 18.2 Å². The number of nitrogens with zero attached hydrogens (tertiary/aromatic N) is 3. The van der Waals surface area contributed by atoms with E-state index in [4.69, 9.17) is 5.73 Å². The number of amides is 1. The highest BCUT2D eigenvalue weighted by molar-refractivity contribution is 6.00. The van der Waals surface area contributed by atoms with Crippen LogP contribution < -0.4 is 16.0 Å². The van der Waals surface area contributed by atoms with Crippen LogP contribution in [0.5, 0.6) is 0 Å². The zero-order valence-electron chi connectivity index (χ0n) is 12.1. The summed E-state index contributed by atoms with van der Waals surface area (Å²) in [5.41, 5.74) is 9.42. The number of rotatable bonds is 2. The van der Waals surface area contributed by atoms with Gasteiger partial charge in [-0.15, -0.1) is 0 Å². The van der Waals surface area contributed by atoms with Crippen molar-refractivity contribution in [3.8, 4) is 11.3 Å². The van der Waals surface area contributed by atoms with Gasteiger partial charge in [0, 0.05) is 36.8 Å². The SMILES string of the molecule is NC1CCN(c2cnc(-c3cccc4c3CNC4=O)cn2)C1. The van der Waals surface area contributed by atoms with Gasteiger partial charge in [0.05, 0.1) is 18.1 Å². The Morgan fingerprint density at radius 1 is 1.23 bits per heavy atom. The molecule has 1 atom stereocenters. The Bertz CT molecular complexity index is 728. The first-order valence-electron chi connectivity index (χ1n) is 7.45. The summed E-state index contributed by atoms with van der Waals surface area (Å²) in [6.07, 6.45) is 4.55. The second kappa shape index (κ2) is 5.06. The largest absolute Gasteiger partial charge is 0.354 e. The van der Waals surface area contributed by atoms with E-state index < -0.39 is 0 Å². The van der Waals surface area contributed by atoms with Gasteiger partial charge in [0.2, 0.25) is 0 Å². The molecule has 6 heteroatoms. The zero-order valence-corrected chi connectivity index (χ0v) is 12.1. The van der Waals surface area contributed by atoms with Crippen LogP contribution >= 0.6 is 0 Å². The molecule has 112 valence electrons. The number of anilines is 1. The summed E-state index contributed by atoms with van der Waals surface area (Å²) in [6.45, 7) is 2.30. The van der Waals surface area contributed by atoms with Crippen molar-refractivity contribution in [2.24, 2.45) is 5.73 Å². The number of hydrogen-bond acceptors (Lipinski definition) is 5. The van der Waals surface area contributed by atoms with Gasteiger partial charge in [0.25, 0.3) is 5.91 Å². The molecule has 2 aliphatic rings. The van der Waals surface area contributed by atoms with Crippen molar-refractivity contribution in [2.75, 3.05) is 18.0 Å². The summed E-state index contributed by atoms with van der Waals surface area (Å²) in [4.78, 5) is 23.0. The van der Waals surface area contributed by atoms with Gasteiger partial charge in [0.1, 0.15) is 5.82 Å². The van der Waals surface area contributed by atoms with E-state index in [1.165, 1.54) is 0 Å². The predicted molar refractivity (Wildman–Crippen MR) is 83.4 cm³/mol. The highest BCUT2D eigenvalue weighted by atomic mass is 16.1. The molecule has 1 aromatic heterocycles. The van der Waals surface area contributed by atoms with E-state index in [-0.39, 0.29) is 11.9 Å². The van der Waals surface area contributed by atoms with Gasteiger partial charge in [-0.25, -0.2) is 4.98 Å². The lowest BCUT2D eigenvalue weighted by molar-refractivity contribution is 0.0966. The van der Waals surface area contributed by atoms with Gasteiger partial charge < -0.3 is 16.0 Å². The second-order valence-corrected chi connectivity index (χ2v) is 5.77. The second-order valence-electron chi connectivity index (χ2n) is 5.77. The first-order valence-corrected chi connectivity index (χ1v) is 7.45. The van der Waals surface area contributed by atoms with Crippen LogP contribution in [0, 0.1) is 0 Å². The number of nitrogens with one attached hydrogen (secondary N) is 1. The third-order valence-electron chi connectivity index (χ3n) is 4.31. The summed E-state index contributed by atoms with van der Waals surface area (Å²) in [7, 11) is 0. The van der Waals surface area contributed by atoms with Gasteiger partial charge in [0.15, 0.2) is 0 Å². The summed E-state index contributed by atoms with van der Waals surface area (Å²) in [5, 5.41) is 2.85. The van der Waals surface area contributed by atoms with Gasteiger partial charge in [-0.05, 0) is 18.1 Å². The molecule has 3 N–H and O–H groups in total. The smallest absolute Gasteiger partial charge is 0.251 e. The molecule has 6 nitrogen and oxygen atoms in total. The molecule has 2 aromatic rings. The van der Waals surface area contributed by atoms with E-state index >= 15 is 0 Å². The van der Waals surface area contributed by atoms with Crippen LogP contribution in [0.15, 0.2) is 30.6 Å². The number of carbonyl (C=O) groups excluding carboxylic acids is 1. The molecule has 0 saturated carbocycles. The maximum absolute atomic E-state index is 11.7. The number of nitrogens with two attached hydrogens (primary N) is 1. The maximum Gasteiger partial charge on any atom is 0.251 e. The summed E-state index contributed by atoms with van der Waals surface area (Å²) >= 11 is 0. The fourth-order valence-corrected chi connectivity index (χ4v) is 3.11. The van der Waals surface area contributed by atoms with Crippen molar-refractivity contribution in [1.29, 1.82) is 0 Å². The molecule has 4 rings (SSSR count). The summed E-state index contributed by atoms with van der Waals surface area (Å²) in [5.74, 6) is 0.839. The molecule has 0 spiro atoms. The van der Waals surface area contributed by atoms with Crippen LogP contribution in [-0.2, 0) is 6.54 Å². The van der Waals surface area contributed by atoms with Gasteiger partial charge in [-0.2, -0.15) is 0 Å². The van der Waals surface area contributed by atoms with Gasteiger partial charge in [-0.1, -0.05) is 12.1 Å². The lowest BCUT2D eigenvalue weighted by Gasteiger charge is -2.16. The first kappa shape index (κ1) is 13.2. The fourth-order valence-electron chi connectivity index (χ4n) is 3.11. The molecule has 0 radical (unpaired) electrons. The molecule has 2 aliphatic heterocycles. The minimum atomic E-state index is -0.0208. The van der Waals surface area contributed by atoms with E-state index in [2.05, 4.69) is 20.2 Å². The van der Waals surface area contributed by atoms with E-state index in [9.17, 15) is 4.79 Å². The van der Waals surface area contributed by atoms with E-state index in [1.54, 1.807) is 12.4 Å². The number of hydrogen-bond donors (Lipinski definition) is 2. The Morgan fingerprint density at radius 2 is 2.09 bits per heavy atom. The predicted octanol–water partition coefficient (Wildman–Crippen LogP) is 0.924. The summed E-state index contributed by atoms with van der Waals surface area (Å²) in [6, 6.07) is 5.92. The molecule has 22 heavy (non-hydrogen) atoms. The van der Waals surface area contributed by atoms with Crippen LogP contribution in [-0.4, -0.2) is 35.0 Å². The Morgan fingerprint density at radius 3 is 2.82 bits per heavy atom. The van der Waals surface area contributed by atoms with Crippen molar-refractivity contribution in [3.63, 3.8) is 0 Å². The molecule has 1 fully saturated rings. The number of carbonyl (C=O) groups is 1. The van der Waals surface area contributed by atoms with Crippen LogP contribution in [0.25, 0.3) is 11.3 Å².